The normalized spacial score (nSPS) is 12.4. The molecule has 0 unspecified atom stereocenters. The molecule has 34 heavy (non-hydrogen) atoms. The Hall–Kier alpha value is -3.97. The summed E-state index contributed by atoms with van der Waals surface area (Å²) in [6.07, 6.45) is 0. The molecule has 172 valence electrons. The molecular weight excluding hydrogens is 454 g/mol. The summed E-state index contributed by atoms with van der Waals surface area (Å²) in [6, 6.07) is 21.6. The predicted octanol–water partition coefficient (Wildman–Crippen LogP) is 5.19. The van der Waals surface area contributed by atoms with Crippen LogP contribution in [0.4, 0.5) is 10.5 Å². The molecule has 8 heteroatoms. The Morgan fingerprint density at radius 1 is 0.941 bits per heavy atom. The van der Waals surface area contributed by atoms with Crippen LogP contribution < -0.4 is 20.3 Å². The molecule has 2 N–H and O–H groups in total. The zero-order chi connectivity index (χ0) is 23.5. The fourth-order valence-corrected chi connectivity index (χ4v) is 3.98. The average molecular weight is 476 g/mol. The number of halogens is 1. The van der Waals surface area contributed by atoms with E-state index in [1.165, 1.54) is 0 Å². The Balaban J connectivity index is 1.45. The molecular formula is C26H22ClN3O4. The van der Waals surface area contributed by atoms with E-state index in [0.29, 0.717) is 53.0 Å². The molecule has 0 spiro atoms. The third-order valence-corrected chi connectivity index (χ3v) is 5.80. The molecule has 1 aromatic heterocycles. The van der Waals surface area contributed by atoms with Crippen LogP contribution in [0, 0.1) is 0 Å². The van der Waals surface area contributed by atoms with Crippen LogP contribution >= 0.6 is 11.6 Å². The summed E-state index contributed by atoms with van der Waals surface area (Å²) in [5.74, 6) is 1.24. The van der Waals surface area contributed by atoms with Crippen molar-refractivity contribution in [3.63, 3.8) is 0 Å². The largest absolute Gasteiger partial charge is 0.486 e. The van der Waals surface area contributed by atoms with Crippen LogP contribution in [0.5, 0.6) is 11.5 Å². The van der Waals surface area contributed by atoms with Gasteiger partial charge in [0.1, 0.15) is 13.2 Å². The smallest absolute Gasteiger partial charge is 0.322 e. The van der Waals surface area contributed by atoms with Crippen molar-refractivity contribution in [1.82, 2.24) is 9.88 Å². The first-order chi connectivity index (χ1) is 16.5. The number of anilines is 1. The van der Waals surface area contributed by atoms with Crippen molar-refractivity contribution in [1.29, 1.82) is 0 Å². The number of carbonyl (C=O) groups excluding carboxylic acids is 1. The minimum absolute atomic E-state index is 0.119. The second-order valence-corrected chi connectivity index (χ2v) is 8.42. The number of rotatable bonds is 5. The van der Waals surface area contributed by atoms with Crippen molar-refractivity contribution in [2.24, 2.45) is 0 Å². The highest BCUT2D eigenvalue weighted by molar-refractivity contribution is 6.30. The lowest BCUT2D eigenvalue weighted by Gasteiger charge is -2.24. The number of nitrogens with zero attached hydrogens (tertiary/aromatic N) is 1. The van der Waals surface area contributed by atoms with Gasteiger partial charge in [-0.3, -0.25) is 4.79 Å². The van der Waals surface area contributed by atoms with Crippen molar-refractivity contribution >= 4 is 34.2 Å². The Kier molecular flexibility index (Phi) is 6.10. The lowest BCUT2D eigenvalue weighted by molar-refractivity contribution is 0.172. The molecule has 2 amide bonds. The van der Waals surface area contributed by atoms with E-state index in [0.717, 1.165) is 10.9 Å². The number of pyridine rings is 1. The van der Waals surface area contributed by atoms with Gasteiger partial charge in [-0.2, -0.15) is 0 Å². The average Bonchev–Trinajstić information content (AvgIpc) is 2.85. The van der Waals surface area contributed by atoms with Gasteiger partial charge in [-0.1, -0.05) is 41.9 Å². The summed E-state index contributed by atoms with van der Waals surface area (Å²) in [6.45, 7) is 1.40. The SMILES string of the molecule is O=C(Nc1ccc(Cl)cc1)N(Cc1ccccc1)Cc1cc2cc3c(cc2[nH]c1=O)OCCO3. The monoisotopic (exact) mass is 475 g/mol. The van der Waals surface area contributed by atoms with E-state index in [2.05, 4.69) is 10.3 Å². The number of hydrogen-bond acceptors (Lipinski definition) is 4. The van der Waals surface area contributed by atoms with Gasteiger partial charge in [0.05, 0.1) is 12.1 Å². The summed E-state index contributed by atoms with van der Waals surface area (Å²) in [5.41, 5.74) is 2.42. The number of amides is 2. The number of H-pyrrole nitrogens is 1. The summed E-state index contributed by atoms with van der Waals surface area (Å²) >= 11 is 5.96. The maximum Gasteiger partial charge on any atom is 0.322 e. The quantitative estimate of drug-likeness (QED) is 0.416. The highest BCUT2D eigenvalue weighted by Gasteiger charge is 2.19. The predicted molar refractivity (Wildman–Crippen MR) is 132 cm³/mol. The van der Waals surface area contributed by atoms with E-state index in [9.17, 15) is 9.59 Å². The number of aromatic nitrogens is 1. The topological polar surface area (TPSA) is 83.7 Å². The number of ether oxygens (including phenoxy) is 2. The van der Waals surface area contributed by atoms with Crippen LogP contribution in [0.2, 0.25) is 5.02 Å². The maximum absolute atomic E-state index is 13.2. The lowest BCUT2D eigenvalue weighted by atomic mass is 10.1. The molecule has 0 atom stereocenters. The van der Waals surface area contributed by atoms with Crippen molar-refractivity contribution in [3.05, 3.63) is 99.3 Å². The highest BCUT2D eigenvalue weighted by Crippen LogP contribution is 2.33. The first-order valence-electron chi connectivity index (χ1n) is 10.9. The minimum Gasteiger partial charge on any atom is -0.486 e. The number of carbonyl (C=O) groups is 1. The van der Waals surface area contributed by atoms with Crippen LogP contribution in [-0.2, 0) is 13.1 Å². The zero-order valence-corrected chi connectivity index (χ0v) is 19.0. The van der Waals surface area contributed by atoms with E-state index in [1.54, 1.807) is 41.3 Å². The molecule has 5 rings (SSSR count). The number of urea groups is 1. The van der Waals surface area contributed by atoms with Gasteiger partial charge < -0.3 is 24.7 Å². The molecule has 0 saturated carbocycles. The standard InChI is InChI=1S/C26H22ClN3O4/c27-20-6-8-21(9-7-20)28-26(32)30(15-17-4-2-1-3-5-17)16-19-12-18-13-23-24(34-11-10-33-23)14-22(18)29-25(19)31/h1-9,12-14H,10-11,15-16H2,(H,28,32)(H,29,31). The first kappa shape index (κ1) is 21.9. The molecule has 0 fully saturated rings. The van der Waals surface area contributed by atoms with Gasteiger partial charge >= 0.3 is 6.03 Å². The van der Waals surface area contributed by atoms with Crippen LogP contribution in [0.3, 0.4) is 0 Å². The molecule has 2 heterocycles. The second kappa shape index (κ2) is 9.49. The molecule has 1 aliphatic heterocycles. The molecule has 0 aliphatic carbocycles. The van der Waals surface area contributed by atoms with E-state index in [1.807, 2.05) is 36.4 Å². The van der Waals surface area contributed by atoms with Gasteiger partial charge in [-0.15, -0.1) is 0 Å². The minimum atomic E-state index is -0.326. The highest BCUT2D eigenvalue weighted by atomic mass is 35.5. The number of nitrogens with one attached hydrogen (secondary N) is 2. The zero-order valence-electron chi connectivity index (χ0n) is 18.2. The number of benzene rings is 3. The van der Waals surface area contributed by atoms with Crippen molar-refractivity contribution in [2.45, 2.75) is 13.1 Å². The summed E-state index contributed by atoms with van der Waals surface area (Å²) < 4.78 is 11.3. The van der Waals surface area contributed by atoms with Crippen LogP contribution in [0.25, 0.3) is 10.9 Å². The van der Waals surface area contributed by atoms with E-state index < -0.39 is 0 Å². The molecule has 1 aliphatic rings. The van der Waals surface area contributed by atoms with Crippen LogP contribution in [0.15, 0.2) is 77.6 Å². The van der Waals surface area contributed by atoms with E-state index in [4.69, 9.17) is 21.1 Å². The Labute approximate surface area is 200 Å². The van der Waals surface area contributed by atoms with Gasteiger partial charge in [0.2, 0.25) is 0 Å². The molecule has 0 bridgehead atoms. The number of fused-ring (bicyclic) bond motifs is 2. The summed E-state index contributed by atoms with van der Waals surface area (Å²) in [5, 5.41) is 4.27. The summed E-state index contributed by atoms with van der Waals surface area (Å²) in [7, 11) is 0. The van der Waals surface area contributed by atoms with E-state index in [-0.39, 0.29) is 18.1 Å². The molecule has 0 saturated heterocycles. The van der Waals surface area contributed by atoms with Gasteiger partial charge in [-0.25, -0.2) is 4.79 Å². The van der Waals surface area contributed by atoms with Crippen molar-refractivity contribution in [3.8, 4) is 11.5 Å². The Morgan fingerprint density at radius 2 is 1.65 bits per heavy atom. The van der Waals surface area contributed by atoms with Crippen molar-refractivity contribution in [2.75, 3.05) is 18.5 Å². The maximum atomic E-state index is 13.2. The summed E-state index contributed by atoms with van der Waals surface area (Å²) in [4.78, 5) is 30.6. The molecule has 0 radical (unpaired) electrons. The Morgan fingerprint density at radius 3 is 2.38 bits per heavy atom. The molecule has 7 nitrogen and oxygen atoms in total. The van der Waals surface area contributed by atoms with E-state index >= 15 is 0 Å². The fraction of sp³-hybridized carbons (Fsp3) is 0.154. The van der Waals surface area contributed by atoms with Crippen LogP contribution in [0.1, 0.15) is 11.1 Å². The first-order valence-corrected chi connectivity index (χ1v) is 11.2. The van der Waals surface area contributed by atoms with Gasteiger partial charge in [-0.05, 0) is 42.0 Å². The van der Waals surface area contributed by atoms with Gasteiger partial charge in [0, 0.05) is 34.3 Å². The number of hydrogen-bond donors (Lipinski definition) is 2. The number of aromatic amines is 1. The van der Waals surface area contributed by atoms with Gasteiger partial charge in [0.15, 0.2) is 11.5 Å². The molecule has 3 aromatic carbocycles. The van der Waals surface area contributed by atoms with Crippen molar-refractivity contribution < 1.29 is 14.3 Å². The Bertz CT molecular complexity index is 1390. The van der Waals surface area contributed by atoms with Crippen LogP contribution in [-0.4, -0.2) is 29.1 Å². The third kappa shape index (κ3) is 4.84. The fourth-order valence-electron chi connectivity index (χ4n) is 3.85. The molecule has 4 aromatic rings. The lowest BCUT2D eigenvalue weighted by Crippen LogP contribution is -2.35. The third-order valence-electron chi connectivity index (χ3n) is 5.54. The van der Waals surface area contributed by atoms with Gasteiger partial charge in [0.25, 0.3) is 5.56 Å². The second-order valence-electron chi connectivity index (χ2n) is 7.99.